The summed E-state index contributed by atoms with van der Waals surface area (Å²) in [6.45, 7) is 6.50. The Balaban J connectivity index is 0.000000200. The summed E-state index contributed by atoms with van der Waals surface area (Å²) >= 11 is 0. The minimum absolute atomic E-state index is 0. The van der Waals surface area contributed by atoms with Crippen molar-refractivity contribution in [2.24, 2.45) is 5.92 Å². The van der Waals surface area contributed by atoms with Crippen LogP contribution in [0.1, 0.15) is 28.2 Å². The first-order valence-electron chi connectivity index (χ1n) is 13.5. The van der Waals surface area contributed by atoms with Gasteiger partial charge < -0.3 is 0 Å². The van der Waals surface area contributed by atoms with Gasteiger partial charge in [-0.3, -0.25) is 15.0 Å². The first-order chi connectivity index (χ1) is 19.6. The highest BCUT2D eigenvalue weighted by atomic mass is 14.7. The molecule has 3 aromatic heterocycles. The highest BCUT2D eigenvalue weighted by molar-refractivity contribution is 5.59. The first kappa shape index (κ1) is 32.3. The Kier molecular flexibility index (Phi) is 15.1. The van der Waals surface area contributed by atoms with Crippen LogP contribution in [-0.2, 0) is 0 Å². The van der Waals surface area contributed by atoms with Gasteiger partial charge in [0.05, 0.1) is 17.1 Å². The minimum atomic E-state index is 0. The monoisotopic (exact) mass is 539 g/mol. The van der Waals surface area contributed by atoms with E-state index in [2.05, 4.69) is 72.1 Å². The Hall–Kier alpha value is -4.89. The van der Waals surface area contributed by atoms with Crippen molar-refractivity contribution in [3.8, 4) is 33.8 Å². The van der Waals surface area contributed by atoms with Gasteiger partial charge in [-0.2, -0.15) is 0 Å². The largest absolute Gasteiger partial charge is 0.256 e. The zero-order chi connectivity index (χ0) is 28.3. The van der Waals surface area contributed by atoms with Crippen LogP contribution in [0.25, 0.3) is 33.8 Å². The van der Waals surface area contributed by atoms with E-state index in [0.717, 1.165) is 39.7 Å². The van der Waals surface area contributed by atoms with E-state index in [9.17, 15) is 0 Å². The minimum Gasteiger partial charge on any atom is -0.256 e. The molecule has 3 heterocycles. The smallest absolute Gasteiger partial charge is 0.0701 e. The third kappa shape index (κ3) is 12.7. The van der Waals surface area contributed by atoms with Gasteiger partial charge in [0, 0.05) is 35.3 Å². The Bertz CT molecular complexity index is 1130. The molecule has 0 N–H and O–H groups in total. The first-order valence-corrected chi connectivity index (χ1v) is 13.5. The molecule has 3 heteroatoms. The van der Waals surface area contributed by atoms with E-state index in [1.165, 1.54) is 0 Å². The second-order valence-electron chi connectivity index (χ2n) is 9.48. The summed E-state index contributed by atoms with van der Waals surface area (Å²) in [4.78, 5) is 12.7. The van der Waals surface area contributed by atoms with E-state index < -0.39 is 0 Å². The highest BCUT2D eigenvalue weighted by Crippen LogP contribution is 2.16. The van der Waals surface area contributed by atoms with Crippen LogP contribution < -0.4 is 0 Å². The maximum absolute atomic E-state index is 4.25. The number of rotatable bonds is 3. The Morgan fingerprint density at radius 3 is 0.756 bits per heavy atom. The van der Waals surface area contributed by atoms with Gasteiger partial charge in [0.2, 0.25) is 0 Å². The highest BCUT2D eigenvalue weighted by Gasteiger charge is 1.95. The van der Waals surface area contributed by atoms with Gasteiger partial charge in [-0.05, 0) is 42.3 Å². The molecule has 0 aliphatic rings. The number of pyridine rings is 3. The number of aromatic nitrogens is 3. The molecule has 0 fully saturated rings. The van der Waals surface area contributed by atoms with Gasteiger partial charge in [0.25, 0.3) is 0 Å². The zero-order valence-electron chi connectivity index (χ0n) is 23.5. The van der Waals surface area contributed by atoms with Crippen LogP contribution in [0.4, 0.5) is 0 Å². The summed E-state index contributed by atoms with van der Waals surface area (Å²) in [5.41, 5.74) is 6.57. The van der Waals surface area contributed by atoms with Crippen LogP contribution in [0, 0.1) is 5.92 Å². The van der Waals surface area contributed by atoms with Gasteiger partial charge in [0.15, 0.2) is 0 Å². The van der Waals surface area contributed by atoms with Gasteiger partial charge in [-0.25, -0.2) is 0 Å². The second kappa shape index (κ2) is 19.2. The molecule has 0 aliphatic heterocycles. The Morgan fingerprint density at radius 1 is 0.341 bits per heavy atom. The lowest BCUT2D eigenvalue weighted by Gasteiger charge is -1.97. The molecule has 0 amide bonds. The molecule has 6 aromatic rings. The standard InChI is InChI=1S/3C11H9N.C4H10.CH4/c3*1-2-6-10(7-3-1)11-8-4-5-9-12-11;1-4(2)3;/h3*1-9H;4H,1-3H3;1H4. The number of hydrogen-bond acceptors (Lipinski definition) is 3. The fraction of sp³-hybridized carbons (Fsp3) is 0.132. The lowest BCUT2D eigenvalue weighted by molar-refractivity contribution is 0.737. The average Bonchev–Trinajstić information content (AvgIpc) is 3.04. The molecular weight excluding hydrogens is 498 g/mol. The maximum atomic E-state index is 4.25. The van der Waals surface area contributed by atoms with Crippen molar-refractivity contribution in [3.05, 3.63) is 164 Å². The van der Waals surface area contributed by atoms with Crippen LogP contribution in [0.5, 0.6) is 0 Å². The van der Waals surface area contributed by atoms with Crippen molar-refractivity contribution < 1.29 is 0 Å². The summed E-state index contributed by atoms with van der Waals surface area (Å²) in [5, 5.41) is 0. The summed E-state index contributed by atoms with van der Waals surface area (Å²) < 4.78 is 0. The van der Waals surface area contributed by atoms with Crippen molar-refractivity contribution in [1.29, 1.82) is 0 Å². The van der Waals surface area contributed by atoms with Crippen molar-refractivity contribution >= 4 is 0 Å². The van der Waals surface area contributed by atoms with Gasteiger partial charge in [0.1, 0.15) is 0 Å². The number of benzene rings is 3. The quantitative estimate of drug-likeness (QED) is 0.224. The van der Waals surface area contributed by atoms with Gasteiger partial charge in [-0.1, -0.05) is 137 Å². The van der Waals surface area contributed by atoms with Gasteiger partial charge in [-0.15, -0.1) is 0 Å². The molecule has 0 atom stereocenters. The molecule has 3 nitrogen and oxygen atoms in total. The molecule has 3 aromatic carbocycles. The molecule has 0 saturated carbocycles. The number of hydrogen-bond donors (Lipinski definition) is 0. The predicted molar refractivity (Wildman–Crippen MR) is 176 cm³/mol. The number of nitrogens with zero attached hydrogens (tertiary/aromatic N) is 3. The molecule has 0 radical (unpaired) electrons. The Labute approximate surface area is 246 Å². The van der Waals surface area contributed by atoms with Crippen molar-refractivity contribution in [2.75, 3.05) is 0 Å². The lowest BCUT2D eigenvalue weighted by atomic mass is 10.1. The molecule has 0 aliphatic carbocycles. The van der Waals surface area contributed by atoms with E-state index in [4.69, 9.17) is 0 Å². The molecule has 0 bridgehead atoms. The predicted octanol–water partition coefficient (Wildman–Crippen LogP) is 10.5. The third-order valence-corrected chi connectivity index (χ3v) is 5.20. The normalized spacial score (nSPS) is 9.37. The van der Waals surface area contributed by atoms with E-state index in [1.807, 2.05) is 128 Å². The molecule has 0 unspecified atom stereocenters. The van der Waals surface area contributed by atoms with Crippen LogP contribution in [0.15, 0.2) is 164 Å². The second-order valence-corrected chi connectivity index (χ2v) is 9.48. The van der Waals surface area contributed by atoms with Crippen molar-refractivity contribution in [2.45, 2.75) is 28.2 Å². The van der Waals surface area contributed by atoms with E-state index in [0.29, 0.717) is 0 Å². The topological polar surface area (TPSA) is 38.7 Å². The van der Waals surface area contributed by atoms with Crippen molar-refractivity contribution in [3.63, 3.8) is 0 Å². The molecule has 41 heavy (non-hydrogen) atoms. The molecule has 0 spiro atoms. The van der Waals surface area contributed by atoms with E-state index in [1.54, 1.807) is 0 Å². The van der Waals surface area contributed by atoms with E-state index in [-0.39, 0.29) is 7.43 Å². The van der Waals surface area contributed by atoms with Crippen LogP contribution in [0.2, 0.25) is 0 Å². The van der Waals surface area contributed by atoms with Crippen LogP contribution >= 0.6 is 0 Å². The third-order valence-electron chi connectivity index (χ3n) is 5.20. The summed E-state index contributed by atoms with van der Waals surface area (Å²) in [6, 6.07) is 48.3. The fourth-order valence-corrected chi connectivity index (χ4v) is 3.43. The molecular formula is C38H41N3. The zero-order valence-corrected chi connectivity index (χ0v) is 23.5. The summed E-state index contributed by atoms with van der Waals surface area (Å²) in [6.07, 6.45) is 5.42. The van der Waals surface area contributed by atoms with Crippen molar-refractivity contribution in [1.82, 2.24) is 15.0 Å². The molecule has 6 rings (SSSR count). The summed E-state index contributed by atoms with van der Waals surface area (Å²) in [5.74, 6) is 0.833. The summed E-state index contributed by atoms with van der Waals surface area (Å²) in [7, 11) is 0. The average molecular weight is 540 g/mol. The maximum Gasteiger partial charge on any atom is 0.0701 e. The van der Waals surface area contributed by atoms with E-state index >= 15 is 0 Å². The Morgan fingerprint density at radius 2 is 0.561 bits per heavy atom. The lowest BCUT2D eigenvalue weighted by Crippen LogP contribution is -1.79. The molecule has 0 saturated heterocycles. The van der Waals surface area contributed by atoms with Crippen LogP contribution in [-0.4, -0.2) is 15.0 Å². The molecule has 208 valence electrons. The fourth-order valence-electron chi connectivity index (χ4n) is 3.43. The SMILES string of the molecule is C.CC(C)C.c1ccc(-c2ccccn2)cc1.c1ccc(-c2ccccn2)cc1.c1ccc(-c2ccccn2)cc1. The van der Waals surface area contributed by atoms with Crippen LogP contribution in [0.3, 0.4) is 0 Å². The van der Waals surface area contributed by atoms with Gasteiger partial charge >= 0.3 is 0 Å².